The number of esters is 1. The summed E-state index contributed by atoms with van der Waals surface area (Å²) in [5, 5.41) is 56.5. The Morgan fingerprint density at radius 3 is 2.41 bits per heavy atom. The van der Waals surface area contributed by atoms with Crippen molar-refractivity contribution >= 4 is 35.3 Å². The Balaban J connectivity index is 1.93. The largest absolute Gasteiger partial charge is 0.508 e. The number of likely N-dealkylation sites (N-methyl/N-ethyl adjacent to an activating group) is 1. The number of fused-ring (bicyclic) bond motifs is 3. The zero-order valence-corrected chi connectivity index (χ0v) is 23.1. The maximum Gasteiger partial charge on any atom is 0.330 e. The fourth-order valence-electron chi connectivity index (χ4n) is 6.40. The van der Waals surface area contributed by atoms with Gasteiger partial charge in [-0.15, -0.1) is 0 Å². The molecule has 0 unspecified atom stereocenters. The molecule has 4 rings (SSSR count). The van der Waals surface area contributed by atoms with Gasteiger partial charge in [0.1, 0.15) is 22.8 Å². The van der Waals surface area contributed by atoms with E-state index in [4.69, 9.17) is 10.5 Å². The molecule has 41 heavy (non-hydrogen) atoms. The number of hydrogen-bond acceptors (Lipinski definition) is 11. The van der Waals surface area contributed by atoms with Gasteiger partial charge in [0.25, 0.3) is 5.91 Å². The van der Waals surface area contributed by atoms with Gasteiger partial charge in [0.05, 0.1) is 30.2 Å². The number of nitrogens with zero attached hydrogens (tertiary/aromatic N) is 1. The molecule has 0 radical (unpaired) electrons. The summed E-state index contributed by atoms with van der Waals surface area (Å²) in [5.41, 5.74) is 1.38. The van der Waals surface area contributed by atoms with Crippen molar-refractivity contribution in [3.63, 3.8) is 0 Å². The van der Waals surface area contributed by atoms with E-state index in [9.17, 15) is 44.7 Å². The summed E-state index contributed by atoms with van der Waals surface area (Å²) in [7, 11) is 2.87. The second kappa shape index (κ2) is 10.8. The van der Waals surface area contributed by atoms with Gasteiger partial charge in [-0.2, -0.15) is 0 Å². The molecule has 1 aromatic carbocycles. The van der Waals surface area contributed by atoms with Crippen LogP contribution in [-0.4, -0.2) is 92.3 Å². The third-order valence-electron chi connectivity index (χ3n) is 8.28. The zero-order valence-electron chi connectivity index (χ0n) is 23.1. The average Bonchev–Trinajstić information content (AvgIpc) is 2.89. The number of Topliss-reactive ketones (excluding diaryl/α,β-unsaturated/α-hetero) is 2. The molecular formula is C29H34N2O10. The number of ether oxygens (including phenoxy) is 1. The molecule has 1 fully saturated rings. The number of ketones is 2. The van der Waals surface area contributed by atoms with Crippen LogP contribution < -0.4 is 5.73 Å². The molecule has 3 aliphatic rings. The smallest absolute Gasteiger partial charge is 0.330 e. The molecule has 0 spiro atoms. The normalized spacial score (nSPS) is 29.5. The van der Waals surface area contributed by atoms with Crippen LogP contribution in [0.3, 0.4) is 0 Å². The molecule has 7 N–H and O–H groups in total. The Hall–Kier alpha value is -4.00. The zero-order chi connectivity index (χ0) is 30.5. The van der Waals surface area contributed by atoms with Crippen LogP contribution in [0.2, 0.25) is 0 Å². The molecule has 3 aliphatic carbocycles. The van der Waals surface area contributed by atoms with Crippen molar-refractivity contribution in [3.8, 4) is 5.75 Å². The standard InChI is InChI=1S/C29H34N2O10/c1-5-6-11-41-15(33)10-8-13-7-9-14(32)18-16(13)12(2)17-19(23(18)34)26(37)29(40)21(24(17)35)22(31(3)4)25(36)20(27(29)38)28(30)39/h7-10,12,17,21-22,24,32,34-35,38,40H,5-6,11H2,1-4H3,(H2,30,39)/b10-8+/t12-,17+,21+,22-,24-,29-/m0/s1. The summed E-state index contributed by atoms with van der Waals surface area (Å²) in [5.74, 6) is -10.4. The third-order valence-corrected chi connectivity index (χ3v) is 8.28. The van der Waals surface area contributed by atoms with Gasteiger partial charge in [-0.3, -0.25) is 19.3 Å². The first kappa shape index (κ1) is 30.0. The number of rotatable bonds is 7. The quantitative estimate of drug-likeness (QED) is 0.117. The van der Waals surface area contributed by atoms with Crippen LogP contribution in [0.5, 0.6) is 5.75 Å². The fourth-order valence-corrected chi connectivity index (χ4v) is 6.40. The lowest BCUT2D eigenvalue weighted by molar-refractivity contribution is -0.169. The summed E-state index contributed by atoms with van der Waals surface area (Å²) in [6, 6.07) is 1.29. The number of aromatic hydroxyl groups is 1. The Labute approximate surface area is 236 Å². The Morgan fingerprint density at radius 2 is 1.83 bits per heavy atom. The third kappa shape index (κ3) is 4.42. The van der Waals surface area contributed by atoms with Crippen LogP contribution in [0.1, 0.15) is 49.3 Å². The molecular weight excluding hydrogens is 536 g/mol. The monoisotopic (exact) mass is 570 g/mol. The Morgan fingerprint density at radius 1 is 1.17 bits per heavy atom. The lowest BCUT2D eigenvalue weighted by Gasteiger charge is -2.53. The molecule has 6 atom stereocenters. The maximum absolute atomic E-state index is 14.0. The van der Waals surface area contributed by atoms with Crippen molar-refractivity contribution < 1.29 is 49.4 Å². The number of benzene rings is 1. The number of unbranched alkanes of at least 4 members (excludes halogenated alkanes) is 1. The number of nitrogens with two attached hydrogens (primary N) is 1. The van der Waals surface area contributed by atoms with Crippen molar-refractivity contribution in [1.29, 1.82) is 0 Å². The number of aliphatic hydroxyl groups is 4. The minimum absolute atomic E-state index is 0.164. The molecule has 12 nitrogen and oxygen atoms in total. The first-order valence-electron chi connectivity index (χ1n) is 13.2. The first-order chi connectivity index (χ1) is 19.2. The van der Waals surface area contributed by atoms with Crippen molar-refractivity contribution in [2.75, 3.05) is 20.7 Å². The Bertz CT molecular complexity index is 1420. The lowest BCUT2D eigenvalue weighted by Crippen LogP contribution is -2.70. The summed E-state index contributed by atoms with van der Waals surface area (Å²) in [4.78, 5) is 52.9. The average molecular weight is 571 g/mol. The van der Waals surface area contributed by atoms with Gasteiger partial charge in [-0.25, -0.2) is 4.79 Å². The van der Waals surface area contributed by atoms with E-state index in [0.29, 0.717) is 17.5 Å². The predicted molar refractivity (Wildman–Crippen MR) is 145 cm³/mol. The number of phenols is 1. The minimum atomic E-state index is -2.99. The van der Waals surface area contributed by atoms with E-state index >= 15 is 0 Å². The van der Waals surface area contributed by atoms with Crippen LogP contribution in [0.4, 0.5) is 0 Å². The van der Waals surface area contributed by atoms with Gasteiger partial charge in [0.2, 0.25) is 5.78 Å². The SMILES string of the molecule is CCCCOC(=O)/C=C/c1ccc(O)c2c1[C@H](C)[C@@H]1C(=C2O)C(=O)[C@]2(O)C(O)=C(C(N)=O)C(=O)[C@@H](N(C)C)[C@@H]2[C@H]1O. The maximum atomic E-state index is 14.0. The van der Waals surface area contributed by atoms with Crippen LogP contribution >= 0.6 is 0 Å². The number of phenolic OH excluding ortho intramolecular Hbond substituents is 1. The first-order valence-corrected chi connectivity index (χ1v) is 13.2. The minimum Gasteiger partial charge on any atom is -0.508 e. The van der Waals surface area contributed by atoms with Crippen molar-refractivity contribution in [3.05, 3.63) is 51.8 Å². The van der Waals surface area contributed by atoms with Crippen molar-refractivity contribution in [1.82, 2.24) is 4.90 Å². The molecule has 0 heterocycles. The van der Waals surface area contributed by atoms with E-state index in [2.05, 4.69) is 0 Å². The Kier molecular flexibility index (Phi) is 7.87. The van der Waals surface area contributed by atoms with E-state index in [0.717, 1.165) is 6.42 Å². The molecule has 0 aromatic heterocycles. The second-order valence-corrected chi connectivity index (χ2v) is 10.9. The molecule has 220 valence electrons. The molecule has 0 saturated heterocycles. The highest BCUT2D eigenvalue weighted by Gasteiger charge is 2.68. The van der Waals surface area contributed by atoms with Crippen LogP contribution in [0, 0.1) is 11.8 Å². The summed E-state index contributed by atoms with van der Waals surface area (Å²) >= 11 is 0. The fraction of sp³-hybridized carbons (Fsp3) is 0.448. The lowest BCUT2D eigenvalue weighted by atomic mass is 9.54. The van der Waals surface area contributed by atoms with Gasteiger partial charge in [0.15, 0.2) is 11.4 Å². The number of primary amides is 1. The van der Waals surface area contributed by atoms with E-state index < -0.39 is 87.4 Å². The highest BCUT2D eigenvalue weighted by Crippen LogP contribution is 2.56. The second-order valence-electron chi connectivity index (χ2n) is 10.9. The van der Waals surface area contributed by atoms with Gasteiger partial charge in [0, 0.05) is 17.6 Å². The molecule has 0 aliphatic heterocycles. The summed E-state index contributed by atoms with van der Waals surface area (Å²) in [6.07, 6.45) is 2.42. The van der Waals surface area contributed by atoms with E-state index in [1.54, 1.807) is 6.92 Å². The number of carbonyl (C=O) groups excluding carboxylic acids is 4. The number of amides is 1. The van der Waals surface area contributed by atoms with Gasteiger partial charge >= 0.3 is 5.97 Å². The van der Waals surface area contributed by atoms with Gasteiger partial charge < -0.3 is 36.0 Å². The van der Waals surface area contributed by atoms with Crippen LogP contribution in [0.15, 0.2) is 35.1 Å². The van der Waals surface area contributed by atoms with Crippen LogP contribution in [-0.2, 0) is 23.9 Å². The molecule has 0 bridgehead atoms. The number of carbonyl (C=O) groups is 4. The van der Waals surface area contributed by atoms with Crippen LogP contribution in [0.25, 0.3) is 11.8 Å². The molecule has 1 aromatic rings. The van der Waals surface area contributed by atoms with Crippen molar-refractivity contribution in [2.45, 2.75) is 50.4 Å². The molecule has 1 amide bonds. The summed E-state index contributed by atoms with van der Waals surface area (Å²) in [6.45, 7) is 3.81. The predicted octanol–water partition coefficient (Wildman–Crippen LogP) is 0.852. The van der Waals surface area contributed by atoms with E-state index in [1.807, 2.05) is 6.92 Å². The summed E-state index contributed by atoms with van der Waals surface area (Å²) < 4.78 is 5.14. The number of aliphatic hydroxyl groups excluding tert-OH is 3. The van der Waals surface area contributed by atoms with Gasteiger partial charge in [-0.05, 0) is 49.7 Å². The topological polar surface area (TPSA) is 208 Å². The van der Waals surface area contributed by atoms with Gasteiger partial charge in [-0.1, -0.05) is 26.3 Å². The van der Waals surface area contributed by atoms with Crippen molar-refractivity contribution in [2.24, 2.45) is 17.6 Å². The number of hydrogen-bond donors (Lipinski definition) is 6. The van der Waals surface area contributed by atoms with E-state index in [1.165, 1.54) is 43.3 Å². The molecule has 1 saturated carbocycles. The van der Waals surface area contributed by atoms with E-state index in [-0.39, 0.29) is 12.2 Å². The highest BCUT2D eigenvalue weighted by molar-refractivity contribution is 6.24. The highest BCUT2D eigenvalue weighted by atomic mass is 16.5. The molecule has 12 heteroatoms.